The number of nitrogens with zero attached hydrogens (tertiary/aromatic N) is 5. The van der Waals surface area contributed by atoms with Crippen molar-refractivity contribution in [2.75, 3.05) is 6.54 Å². The Bertz CT molecular complexity index is 1050. The van der Waals surface area contributed by atoms with Crippen molar-refractivity contribution in [3.05, 3.63) is 45.6 Å². The highest BCUT2D eigenvalue weighted by Gasteiger charge is 2.33. The maximum atomic E-state index is 13.0. The standard InChI is InChI=1S/C20H23N5O2S/c26-18(13-25-20(27)24-11-5-1-2-10-17(24)22-25)23-12-6-8-15(23)19-21-14-7-3-4-9-16(14)28-19/h3-4,7,9,15H,1-2,5-6,8,10-13H2. The first-order chi connectivity index (χ1) is 13.7. The Morgan fingerprint density at radius 3 is 2.93 bits per heavy atom. The molecule has 0 radical (unpaired) electrons. The number of carbonyl (C=O) groups excluding carboxylic acids is 1. The molecular formula is C20H23N5O2S. The number of benzene rings is 1. The quantitative estimate of drug-likeness (QED) is 0.681. The molecule has 2 aliphatic heterocycles. The van der Waals surface area contributed by atoms with Crippen molar-refractivity contribution in [3.8, 4) is 0 Å². The molecule has 1 aromatic carbocycles. The molecule has 0 bridgehead atoms. The zero-order valence-corrected chi connectivity index (χ0v) is 16.5. The second-order valence-corrected chi connectivity index (χ2v) is 8.65. The third kappa shape index (κ3) is 3.05. The van der Waals surface area contributed by atoms with E-state index in [9.17, 15) is 9.59 Å². The first-order valence-corrected chi connectivity index (χ1v) is 10.8. The summed E-state index contributed by atoms with van der Waals surface area (Å²) < 4.78 is 4.25. The summed E-state index contributed by atoms with van der Waals surface area (Å²) in [5, 5.41) is 5.45. The first-order valence-electron chi connectivity index (χ1n) is 10.0. The van der Waals surface area contributed by atoms with E-state index >= 15 is 0 Å². The van der Waals surface area contributed by atoms with Gasteiger partial charge >= 0.3 is 5.69 Å². The van der Waals surface area contributed by atoms with E-state index in [1.165, 1.54) is 4.68 Å². The van der Waals surface area contributed by atoms with Crippen LogP contribution >= 0.6 is 11.3 Å². The fourth-order valence-corrected chi connectivity index (χ4v) is 5.42. The Labute approximate surface area is 166 Å². The second-order valence-electron chi connectivity index (χ2n) is 7.58. The third-order valence-corrected chi connectivity index (χ3v) is 6.87. The minimum atomic E-state index is -0.152. The molecule has 0 N–H and O–H groups in total. The van der Waals surface area contributed by atoms with Gasteiger partial charge in [-0.15, -0.1) is 11.3 Å². The van der Waals surface area contributed by atoms with Crippen LogP contribution in [0.2, 0.25) is 0 Å². The van der Waals surface area contributed by atoms with Crippen molar-refractivity contribution in [3.63, 3.8) is 0 Å². The van der Waals surface area contributed by atoms with Crippen LogP contribution in [-0.2, 0) is 24.3 Å². The number of thiazole rings is 1. The zero-order valence-electron chi connectivity index (χ0n) is 15.7. The third-order valence-electron chi connectivity index (χ3n) is 5.74. The predicted molar refractivity (Wildman–Crippen MR) is 107 cm³/mol. The minimum Gasteiger partial charge on any atom is -0.332 e. The lowest BCUT2D eigenvalue weighted by atomic mass is 10.2. The normalized spacial score (nSPS) is 19.7. The fraction of sp³-hybridized carbons (Fsp3) is 0.500. The molecule has 1 fully saturated rings. The SMILES string of the molecule is O=C(Cn1nc2n(c1=O)CCCCC2)N1CCCC1c1nc2ccccc2s1. The maximum Gasteiger partial charge on any atom is 0.346 e. The number of aromatic nitrogens is 4. The highest BCUT2D eigenvalue weighted by molar-refractivity contribution is 7.18. The number of hydrogen-bond acceptors (Lipinski definition) is 5. The van der Waals surface area contributed by atoms with E-state index in [-0.39, 0.29) is 24.2 Å². The summed E-state index contributed by atoms with van der Waals surface area (Å²) in [4.78, 5) is 32.3. The smallest absolute Gasteiger partial charge is 0.332 e. The Hall–Kier alpha value is -2.48. The second kappa shape index (κ2) is 7.16. The fourth-order valence-electron chi connectivity index (χ4n) is 4.30. The van der Waals surface area contributed by atoms with E-state index in [4.69, 9.17) is 4.98 Å². The number of aryl methyl sites for hydroxylation is 1. The predicted octanol–water partition coefficient (Wildman–Crippen LogP) is 2.74. The summed E-state index contributed by atoms with van der Waals surface area (Å²) in [6.45, 7) is 1.43. The summed E-state index contributed by atoms with van der Waals surface area (Å²) in [7, 11) is 0. The summed E-state index contributed by atoms with van der Waals surface area (Å²) in [6, 6.07) is 8.07. The van der Waals surface area contributed by atoms with Crippen molar-refractivity contribution >= 4 is 27.5 Å². The van der Waals surface area contributed by atoms with Crippen LogP contribution in [0.3, 0.4) is 0 Å². The van der Waals surface area contributed by atoms with Gasteiger partial charge in [0.25, 0.3) is 0 Å². The Kier molecular flexibility index (Phi) is 4.50. The molecule has 1 unspecified atom stereocenters. The molecule has 8 heteroatoms. The average Bonchev–Trinajstić information content (AvgIpc) is 3.36. The molecule has 1 amide bonds. The zero-order chi connectivity index (χ0) is 19.1. The van der Waals surface area contributed by atoms with Gasteiger partial charge in [-0.05, 0) is 37.8 Å². The lowest BCUT2D eigenvalue weighted by molar-refractivity contribution is -0.133. The van der Waals surface area contributed by atoms with Gasteiger partial charge in [0.1, 0.15) is 17.4 Å². The van der Waals surface area contributed by atoms with E-state index in [1.807, 2.05) is 23.1 Å². The molecule has 28 heavy (non-hydrogen) atoms. The van der Waals surface area contributed by atoms with Gasteiger partial charge in [-0.1, -0.05) is 18.6 Å². The molecule has 1 saturated heterocycles. The largest absolute Gasteiger partial charge is 0.346 e. The van der Waals surface area contributed by atoms with Crippen LogP contribution in [-0.4, -0.2) is 36.7 Å². The van der Waals surface area contributed by atoms with Crippen molar-refractivity contribution in [1.29, 1.82) is 0 Å². The molecule has 0 saturated carbocycles. The first kappa shape index (κ1) is 17.6. The van der Waals surface area contributed by atoms with Gasteiger partial charge in [0, 0.05) is 19.5 Å². The van der Waals surface area contributed by atoms with Gasteiger partial charge in [-0.25, -0.2) is 14.5 Å². The van der Waals surface area contributed by atoms with Crippen LogP contribution in [0, 0.1) is 0 Å². The lowest BCUT2D eigenvalue weighted by Crippen LogP contribution is -2.37. The number of fused-ring (bicyclic) bond motifs is 2. The van der Waals surface area contributed by atoms with Crippen LogP contribution < -0.4 is 5.69 Å². The van der Waals surface area contributed by atoms with Gasteiger partial charge in [0.15, 0.2) is 0 Å². The molecule has 0 spiro atoms. The minimum absolute atomic E-state index is 0.000965. The summed E-state index contributed by atoms with van der Waals surface area (Å²) in [5.74, 6) is 0.775. The van der Waals surface area contributed by atoms with Crippen molar-refractivity contribution in [1.82, 2.24) is 24.2 Å². The highest BCUT2D eigenvalue weighted by atomic mass is 32.1. The van der Waals surface area contributed by atoms with Crippen LogP contribution in [0.15, 0.2) is 29.1 Å². The van der Waals surface area contributed by atoms with Crippen LogP contribution in [0.25, 0.3) is 10.2 Å². The number of likely N-dealkylation sites (tertiary alicyclic amines) is 1. The molecular weight excluding hydrogens is 374 g/mol. The van der Waals surface area contributed by atoms with Crippen LogP contribution in [0.5, 0.6) is 0 Å². The molecule has 2 aromatic heterocycles. The average molecular weight is 398 g/mol. The van der Waals surface area contributed by atoms with E-state index in [0.29, 0.717) is 13.1 Å². The van der Waals surface area contributed by atoms with Crippen LogP contribution in [0.4, 0.5) is 0 Å². The van der Waals surface area contributed by atoms with E-state index < -0.39 is 0 Å². The number of rotatable bonds is 3. The summed E-state index contributed by atoms with van der Waals surface area (Å²) in [5.41, 5.74) is 0.830. The Balaban J connectivity index is 1.38. The van der Waals surface area contributed by atoms with E-state index in [0.717, 1.165) is 59.6 Å². The van der Waals surface area contributed by atoms with Crippen molar-refractivity contribution < 1.29 is 4.79 Å². The Morgan fingerprint density at radius 2 is 2.04 bits per heavy atom. The monoisotopic (exact) mass is 397 g/mol. The topological polar surface area (TPSA) is 73.0 Å². The molecule has 146 valence electrons. The summed E-state index contributed by atoms with van der Waals surface area (Å²) >= 11 is 1.66. The van der Waals surface area contributed by atoms with Crippen LogP contribution in [0.1, 0.15) is 49.0 Å². The van der Waals surface area contributed by atoms with Gasteiger partial charge in [0.2, 0.25) is 5.91 Å². The van der Waals surface area contributed by atoms with Gasteiger partial charge in [0.05, 0.1) is 16.3 Å². The van der Waals surface area contributed by atoms with Gasteiger partial charge in [-0.2, -0.15) is 5.10 Å². The molecule has 4 heterocycles. The number of amides is 1. The van der Waals surface area contributed by atoms with Crippen molar-refractivity contribution in [2.45, 2.75) is 57.7 Å². The summed E-state index contributed by atoms with van der Waals surface area (Å²) in [6.07, 6.45) is 5.86. The van der Waals surface area contributed by atoms with Gasteiger partial charge in [-0.3, -0.25) is 9.36 Å². The number of hydrogen-bond donors (Lipinski definition) is 0. The number of para-hydroxylation sites is 1. The Morgan fingerprint density at radius 1 is 1.14 bits per heavy atom. The number of carbonyl (C=O) groups is 1. The molecule has 2 aliphatic rings. The van der Waals surface area contributed by atoms with E-state index in [1.54, 1.807) is 15.9 Å². The highest BCUT2D eigenvalue weighted by Crippen LogP contribution is 2.36. The molecule has 7 nitrogen and oxygen atoms in total. The lowest BCUT2D eigenvalue weighted by Gasteiger charge is -2.22. The molecule has 0 aliphatic carbocycles. The molecule has 5 rings (SSSR count). The van der Waals surface area contributed by atoms with Crippen molar-refractivity contribution in [2.24, 2.45) is 0 Å². The van der Waals surface area contributed by atoms with E-state index in [2.05, 4.69) is 11.2 Å². The molecule has 1 atom stereocenters. The molecule has 3 aromatic rings. The van der Waals surface area contributed by atoms with Gasteiger partial charge < -0.3 is 4.90 Å². The maximum absolute atomic E-state index is 13.0.